The van der Waals surface area contributed by atoms with Crippen molar-refractivity contribution in [3.05, 3.63) is 108 Å². The van der Waals surface area contributed by atoms with Crippen molar-refractivity contribution in [2.24, 2.45) is 0 Å². The number of nitrogens with zero attached hydrogens (tertiary/aromatic N) is 2. The third-order valence-electron chi connectivity index (χ3n) is 6.57. The van der Waals surface area contributed by atoms with Crippen molar-refractivity contribution in [2.75, 3.05) is 23.9 Å². The minimum atomic E-state index is -1.90. The summed E-state index contributed by atoms with van der Waals surface area (Å²) in [7, 11) is 3.86. The molecule has 1 N–H and O–H groups in total. The molecule has 34 heavy (non-hydrogen) atoms. The van der Waals surface area contributed by atoms with Gasteiger partial charge in [0.05, 0.1) is 18.7 Å². The Morgan fingerprint density at radius 1 is 0.882 bits per heavy atom. The van der Waals surface area contributed by atoms with Gasteiger partial charge in [0.2, 0.25) is 0 Å². The highest BCUT2D eigenvalue weighted by atomic mass is 16.3. The lowest BCUT2D eigenvalue weighted by Crippen LogP contribution is -2.41. The summed E-state index contributed by atoms with van der Waals surface area (Å²) in [6.07, 6.45) is -0.309. The van der Waals surface area contributed by atoms with E-state index in [1.54, 1.807) is 29.2 Å². The van der Waals surface area contributed by atoms with Crippen LogP contribution in [-0.4, -0.2) is 30.9 Å². The molecule has 0 saturated carbocycles. The summed E-state index contributed by atoms with van der Waals surface area (Å²) in [5.74, 6) is -0.747. The van der Waals surface area contributed by atoms with Crippen LogP contribution in [0.2, 0.25) is 0 Å². The number of benzene rings is 4. The minimum absolute atomic E-state index is 0.275. The molecule has 5 heteroatoms. The van der Waals surface area contributed by atoms with Gasteiger partial charge in [0.25, 0.3) is 5.91 Å². The molecule has 0 spiro atoms. The number of fused-ring (bicyclic) bond motifs is 2. The molecule has 1 aliphatic rings. The molecule has 5 rings (SSSR count). The van der Waals surface area contributed by atoms with Gasteiger partial charge < -0.3 is 14.9 Å². The zero-order chi connectivity index (χ0) is 23.9. The van der Waals surface area contributed by atoms with Gasteiger partial charge in [0, 0.05) is 30.9 Å². The monoisotopic (exact) mass is 450 g/mol. The predicted molar refractivity (Wildman–Crippen MR) is 135 cm³/mol. The number of ketones is 1. The standard InChI is InChI=1S/C29H26N2O3/c1-30(2)23-16-14-21(15-17-23)27(32)18-29(34)25-12-5-6-13-26(25)31(28(29)33)19-22-10-7-9-20-8-3-4-11-24(20)22/h3-17,34H,18-19H2,1-2H3/t29-/m1/s1. The van der Waals surface area contributed by atoms with Crippen LogP contribution in [0.25, 0.3) is 10.8 Å². The first-order valence-electron chi connectivity index (χ1n) is 11.3. The van der Waals surface area contributed by atoms with E-state index in [1.807, 2.05) is 85.7 Å². The van der Waals surface area contributed by atoms with Crippen LogP contribution in [-0.2, 0) is 16.9 Å². The average Bonchev–Trinajstić information content (AvgIpc) is 3.06. The summed E-state index contributed by atoms with van der Waals surface area (Å²) in [5.41, 5.74) is 1.63. The molecular weight excluding hydrogens is 424 g/mol. The molecule has 1 aliphatic heterocycles. The molecule has 1 heterocycles. The Morgan fingerprint density at radius 3 is 2.32 bits per heavy atom. The van der Waals surface area contributed by atoms with E-state index in [4.69, 9.17) is 0 Å². The van der Waals surface area contributed by atoms with Crippen LogP contribution in [0.15, 0.2) is 91.0 Å². The highest BCUT2D eigenvalue weighted by molar-refractivity contribution is 6.11. The van der Waals surface area contributed by atoms with Crippen LogP contribution in [0.5, 0.6) is 0 Å². The van der Waals surface area contributed by atoms with Crippen LogP contribution < -0.4 is 9.80 Å². The highest BCUT2D eigenvalue weighted by Gasteiger charge is 2.50. The topological polar surface area (TPSA) is 60.9 Å². The second kappa shape index (κ2) is 8.43. The molecule has 1 amide bonds. The van der Waals surface area contributed by atoms with E-state index >= 15 is 0 Å². The zero-order valence-corrected chi connectivity index (χ0v) is 19.2. The van der Waals surface area contributed by atoms with Crippen LogP contribution in [0, 0.1) is 0 Å². The first-order valence-corrected chi connectivity index (χ1v) is 11.3. The maximum atomic E-state index is 13.7. The van der Waals surface area contributed by atoms with Gasteiger partial charge >= 0.3 is 0 Å². The van der Waals surface area contributed by atoms with E-state index in [-0.39, 0.29) is 12.2 Å². The number of carbonyl (C=O) groups is 2. The Morgan fingerprint density at radius 2 is 1.56 bits per heavy atom. The maximum Gasteiger partial charge on any atom is 0.264 e. The van der Waals surface area contributed by atoms with Gasteiger partial charge in [-0.1, -0.05) is 60.7 Å². The highest BCUT2D eigenvalue weighted by Crippen LogP contribution is 2.44. The van der Waals surface area contributed by atoms with Crippen LogP contribution in [0.4, 0.5) is 11.4 Å². The van der Waals surface area contributed by atoms with Crippen molar-refractivity contribution in [1.82, 2.24) is 0 Å². The van der Waals surface area contributed by atoms with Crippen molar-refractivity contribution in [3.8, 4) is 0 Å². The lowest BCUT2D eigenvalue weighted by Gasteiger charge is -2.23. The molecule has 4 aromatic rings. The fourth-order valence-electron chi connectivity index (χ4n) is 4.72. The van der Waals surface area contributed by atoms with E-state index in [2.05, 4.69) is 0 Å². The molecule has 0 bridgehead atoms. The molecule has 4 aromatic carbocycles. The van der Waals surface area contributed by atoms with Crippen molar-refractivity contribution >= 4 is 33.8 Å². The van der Waals surface area contributed by atoms with Crippen LogP contribution in [0.3, 0.4) is 0 Å². The zero-order valence-electron chi connectivity index (χ0n) is 19.2. The Balaban J connectivity index is 1.48. The van der Waals surface area contributed by atoms with Gasteiger partial charge in [-0.25, -0.2) is 0 Å². The summed E-state index contributed by atoms with van der Waals surface area (Å²) in [5, 5.41) is 13.8. The fraction of sp³-hybridized carbons (Fsp3) is 0.172. The molecule has 0 aliphatic carbocycles. The Bertz CT molecular complexity index is 1390. The summed E-state index contributed by atoms with van der Waals surface area (Å²) in [6, 6.07) is 28.4. The number of hydrogen-bond donors (Lipinski definition) is 1. The second-order valence-electron chi connectivity index (χ2n) is 8.95. The summed E-state index contributed by atoms with van der Waals surface area (Å²) < 4.78 is 0. The van der Waals surface area contributed by atoms with Crippen molar-refractivity contribution < 1.29 is 14.7 Å². The molecule has 0 fully saturated rings. The third kappa shape index (κ3) is 3.64. The first-order chi connectivity index (χ1) is 16.4. The van der Waals surface area contributed by atoms with Gasteiger partial charge in [-0.3, -0.25) is 9.59 Å². The van der Waals surface area contributed by atoms with Gasteiger partial charge in [-0.15, -0.1) is 0 Å². The number of aliphatic hydroxyl groups is 1. The number of amides is 1. The fourth-order valence-corrected chi connectivity index (χ4v) is 4.72. The Kier molecular flexibility index (Phi) is 5.42. The van der Waals surface area contributed by atoms with E-state index in [9.17, 15) is 14.7 Å². The number of rotatable bonds is 6. The third-order valence-corrected chi connectivity index (χ3v) is 6.57. The molecular formula is C29H26N2O3. The smallest absolute Gasteiger partial charge is 0.264 e. The molecule has 0 saturated heterocycles. The van der Waals surface area contributed by atoms with E-state index in [0.29, 0.717) is 23.4 Å². The van der Waals surface area contributed by atoms with Crippen molar-refractivity contribution in [1.29, 1.82) is 0 Å². The van der Waals surface area contributed by atoms with Crippen LogP contribution in [0.1, 0.15) is 27.9 Å². The van der Waals surface area contributed by atoms with Crippen molar-refractivity contribution in [2.45, 2.75) is 18.6 Å². The molecule has 5 nitrogen and oxygen atoms in total. The minimum Gasteiger partial charge on any atom is -0.378 e. The van der Waals surface area contributed by atoms with Gasteiger partial charge in [-0.2, -0.15) is 0 Å². The molecule has 0 unspecified atom stereocenters. The summed E-state index contributed by atoms with van der Waals surface area (Å²) in [6.45, 7) is 0.311. The number of anilines is 2. The average molecular weight is 451 g/mol. The predicted octanol–water partition coefficient (Wildman–Crippen LogP) is 4.91. The largest absolute Gasteiger partial charge is 0.378 e. The number of Topliss-reactive ketones (excluding diaryl/α,β-unsaturated/α-hetero) is 1. The molecule has 0 aromatic heterocycles. The van der Waals surface area contributed by atoms with Gasteiger partial charge in [0.1, 0.15) is 0 Å². The molecule has 1 atom stereocenters. The normalized spacial score (nSPS) is 17.1. The quantitative estimate of drug-likeness (QED) is 0.424. The van der Waals surface area contributed by atoms with Gasteiger partial charge in [0.15, 0.2) is 11.4 Å². The Hall–Kier alpha value is -3.96. The lowest BCUT2D eigenvalue weighted by atomic mass is 9.88. The maximum absolute atomic E-state index is 13.7. The Labute approximate surface area is 198 Å². The van der Waals surface area contributed by atoms with Crippen LogP contribution >= 0.6 is 0 Å². The lowest BCUT2D eigenvalue weighted by molar-refractivity contribution is -0.136. The molecule has 0 radical (unpaired) electrons. The van der Waals surface area contributed by atoms with E-state index < -0.39 is 11.5 Å². The van der Waals surface area contributed by atoms with E-state index in [0.717, 1.165) is 22.0 Å². The summed E-state index contributed by atoms with van der Waals surface area (Å²) in [4.78, 5) is 30.3. The number of carbonyl (C=O) groups excluding carboxylic acids is 2. The summed E-state index contributed by atoms with van der Waals surface area (Å²) >= 11 is 0. The first kappa shape index (κ1) is 21.9. The second-order valence-corrected chi connectivity index (χ2v) is 8.95. The van der Waals surface area contributed by atoms with Gasteiger partial charge in [-0.05, 0) is 46.7 Å². The SMILES string of the molecule is CN(C)c1ccc(C(=O)C[C@]2(O)C(=O)N(Cc3cccc4ccccc34)c3ccccc32)cc1. The number of hydrogen-bond acceptors (Lipinski definition) is 4. The van der Waals surface area contributed by atoms with E-state index in [1.165, 1.54) is 0 Å². The van der Waals surface area contributed by atoms with Crippen molar-refractivity contribution in [3.63, 3.8) is 0 Å². The molecule has 170 valence electrons. The number of para-hydroxylation sites is 1.